The lowest BCUT2D eigenvalue weighted by molar-refractivity contribution is -0.115. The summed E-state index contributed by atoms with van der Waals surface area (Å²) in [5.74, 6) is -0.109. The number of carbonyl (C=O) groups is 1. The lowest BCUT2D eigenvalue weighted by atomic mass is 10.1. The van der Waals surface area contributed by atoms with Gasteiger partial charge < -0.3 is 11.1 Å². The zero-order chi connectivity index (χ0) is 13.8. The minimum Gasteiger partial charge on any atom is -0.399 e. The number of para-hydroxylation sites is 1. The third kappa shape index (κ3) is 3.48. The van der Waals surface area contributed by atoms with E-state index in [4.69, 9.17) is 17.3 Å². The number of anilines is 2. The number of amides is 1. The molecule has 0 atom stereocenters. The first-order valence-corrected chi connectivity index (χ1v) is 6.33. The highest BCUT2D eigenvalue weighted by molar-refractivity contribution is 6.33. The summed E-state index contributed by atoms with van der Waals surface area (Å²) in [7, 11) is 0. The molecule has 0 aliphatic rings. The summed E-state index contributed by atoms with van der Waals surface area (Å²) in [5.41, 5.74) is 8.81. The Morgan fingerprint density at radius 3 is 2.68 bits per heavy atom. The average Bonchev–Trinajstić information content (AvgIpc) is 2.34. The van der Waals surface area contributed by atoms with Gasteiger partial charge >= 0.3 is 0 Å². The van der Waals surface area contributed by atoms with Gasteiger partial charge in [0.05, 0.1) is 17.1 Å². The topological polar surface area (TPSA) is 55.1 Å². The first-order valence-electron chi connectivity index (χ1n) is 5.95. The summed E-state index contributed by atoms with van der Waals surface area (Å²) >= 11 is 6.07. The number of nitrogens with one attached hydrogen (secondary N) is 1. The Kier molecular flexibility index (Phi) is 4.07. The molecule has 2 aromatic rings. The molecule has 1 amide bonds. The summed E-state index contributed by atoms with van der Waals surface area (Å²) in [6.07, 6.45) is 0.274. The molecule has 0 radical (unpaired) electrons. The molecular formula is C15H15ClN2O. The molecule has 0 spiro atoms. The van der Waals surface area contributed by atoms with Gasteiger partial charge in [-0.1, -0.05) is 35.9 Å². The van der Waals surface area contributed by atoms with Gasteiger partial charge in [-0.25, -0.2) is 0 Å². The third-order valence-electron chi connectivity index (χ3n) is 2.80. The fourth-order valence-corrected chi connectivity index (χ4v) is 2.13. The van der Waals surface area contributed by atoms with Gasteiger partial charge in [0.2, 0.25) is 5.91 Å². The van der Waals surface area contributed by atoms with Gasteiger partial charge in [0, 0.05) is 5.69 Å². The van der Waals surface area contributed by atoms with Crippen molar-refractivity contribution in [3.63, 3.8) is 0 Å². The van der Waals surface area contributed by atoms with Crippen LogP contribution < -0.4 is 11.1 Å². The first kappa shape index (κ1) is 13.4. The molecule has 19 heavy (non-hydrogen) atoms. The Bertz CT molecular complexity index is 591. The predicted molar refractivity (Wildman–Crippen MR) is 79.4 cm³/mol. The molecule has 4 heteroatoms. The second-order valence-electron chi connectivity index (χ2n) is 4.40. The van der Waals surface area contributed by atoms with Gasteiger partial charge in [-0.2, -0.15) is 0 Å². The monoisotopic (exact) mass is 274 g/mol. The maximum absolute atomic E-state index is 12.0. The summed E-state index contributed by atoms with van der Waals surface area (Å²) in [6.45, 7) is 1.90. The highest BCUT2D eigenvalue weighted by atomic mass is 35.5. The predicted octanol–water partition coefficient (Wildman–Crippen LogP) is 3.41. The molecule has 0 bridgehead atoms. The van der Waals surface area contributed by atoms with Gasteiger partial charge in [-0.3, -0.25) is 4.79 Å². The normalized spacial score (nSPS) is 10.2. The van der Waals surface area contributed by atoms with Crippen molar-refractivity contribution in [2.75, 3.05) is 11.1 Å². The van der Waals surface area contributed by atoms with Crippen molar-refractivity contribution in [3.8, 4) is 0 Å². The van der Waals surface area contributed by atoms with Gasteiger partial charge in [0.15, 0.2) is 0 Å². The Hall–Kier alpha value is -2.00. The Morgan fingerprint density at radius 2 is 2.00 bits per heavy atom. The number of aryl methyl sites for hydroxylation is 1. The van der Waals surface area contributed by atoms with Crippen molar-refractivity contribution in [1.29, 1.82) is 0 Å². The van der Waals surface area contributed by atoms with Crippen molar-refractivity contribution < 1.29 is 4.79 Å². The summed E-state index contributed by atoms with van der Waals surface area (Å²) in [4.78, 5) is 12.0. The van der Waals surface area contributed by atoms with Crippen LogP contribution >= 0.6 is 11.6 Å². The Balaban J connectivity index is 2.10. The van der Waals surface area contributed by atoms with Crippen LogP contribution in [0.1, 0.15) is 11.1 Å². The van der Waals surface area contributed by atoms with Gasteiger partial charge in [-0.15, -0.1) is 0 Å². The molecule has 0 saturated heterocycles. The number of carbonyl (C=O) groups excluding carboxylic acids is 1. The minimum absolute atomic E-state index is 0.109. The van der Waals surface area contributed by atoms with Crippen molar-refractivity contribution >= 4 is 28.9 Å². The molecular weight excluding hydrogens is 260 g/mol. The second-order valence-corrected chi connectivity index (χ2v) is 4.81. The van der Waals surface area contributed by atoms with Crippen molar-refractivity contribution in [1.82, 2.24) is 0 Å². The number of rotatable bonds is 3. The fourth-order valence-electron chi connectivity index (χ4n) is 1.86. The second kappa shape index (κ2) is 5.76. The van der Waals surface area contributed by atoms with E-state index < -0.39 is 0 Å². The largest absolute Gasteiger partial charge is 0.399 e. The van der Waals surface area contributed by atoms with E-state index in [2.05, 4.69) is 5.32 Å². The van der Waals surface area contributed by atoms with Crippen molar-refractivity contribution in [2.24, 2.45) is 0 Å². The van der Waals surface area contributed by atoms with Crippen LogP contribution in [0.25, 0.3) is 0 Å². The molecule has 0 saturated carbocycles. The van der Waals surface area contributed by atoms with Crippen molar-refractivity contribution in [2.45, 2.75) is 13.3 Å². The molecule has 3 nitrogen and oxygen atoms in total. The highest BCUT2D eigenvalue weighted by Gasteiger charge is 2.09. The summed E-state index contributed by atoms with van der Waals surface area (Å²) in [5, 5.41) is 3.38. The molecule has 3 N–H and O–H groups in total. The Morgan fingerprint density at radius 1 is 1.26 bits per heavy atom. The van der Waals surface area contributed by atoms with E-state index in [9.17, 15) is 4.79 Å². The standard InChI is InChI=1S/C15H15ClN2O/c1-10-4-2-7-13(16)15(10)18-14(19)9-11-5-3-6-12(17)8-11/h2-8H,9,17H2,1H3,(H,18,19). The lowest BCUT2D eigenvalue weighted by Crippen LogP contribution is -2.15. The third-order valence-corrected chi connectivity index (χ3v) is 3.12. The highest BCUT2D eigenvalue weighted by Crippen LogP contribution is 2.25. The van der Waals surface area contributed by atoms with Gasteiger partial charge in [0.25, 0.3) is 0 Å². The zero-order valence-corrected chi connectivity index (χ0v) is 11.4. The van der Waals surface area contributed by atoms with Crippen LogP contribution in [0.2, 0.25) is 5.02 Å². The molecule has 0 unspecified atom stereocenters. The molecule has 0 aliphatic carbocycles. The van der Waals surface area contributed by atoms with E-state index in [1.165, 1.54) is 0 Å². The molecule has 0 aromatic heterocycles. The summed E-state index contributed by atoms with van der Waals surface area (Å²) in [6, 6.07) is 12.8. The van der Waals surface area contributed by atoms with E-state index in [1.807, 2.05) is 31.2 Å². The number of hydrogen-bond acceptors (Lipinski definition) is 2. The van der Waals surface area contributed by atoms with Crippen LogP contribution in [0.4, 0.5) is 11.4 Å². The van der Waals surface area contributed by atoms with Crippen LogP contribution in [0, 0.1) is 6.92 Å². The van der Waals surface area contributed by atoms with E-state index in [1.54, 1.807) is 18.2 Å². The molecule has 0 heterocycles. The number of hydrogen-bond donors (Lipinski definition) is 2. The van der Waals surface area contributed by atoms with Crippen molar-refractivity contribution in [3.05, 3.63) is 58.6 Å². The minimum atomic E-state index is -0.109. The SMILES string of the molecule is Cc1cccc(Cl)c1NC(=O)Cc1cccc(N)c1. The smallest absolute Gasteiger partial charge is 0.228 e. The van der Waals surface area contributed by atoms with E-state index in [0.29, 0.717) is 16.4 Å². The van der Waals surface area contributed by atoms with Gasteiger partial charge in [0.1, 0.15) is 0 Å². The zero-order valence-electron chi connectivity index (χ0n) is 10.6. The molecule has 0 aliphatic heterocycles. The first-order chi connectivity index (χ1) is 9.06. The molecule has 2 aromatic carbocycles. The Labute approximate surface area is 117 Å². The van der Waals surface area contributed by atoms with E-state index in [0.717, 1.165) is 11.1 Å². The van der Waals surface area contributed by atoms with E-state index >= 15 is 0 Å². The lowest BCUT2D eigenvalue weighted by Gasteiger charge is -2.10. The van der Waals surface area contributed by atoms with Crippen LogP contribution in [0.5, 0.6) is 0 Å². The molecule has 98 valence electrons. The van der Waals surface area contributed by atoms with E-state index in [-0.39, 0.29) is 12.3 Å². The molecule has 0 fully saturated rings. The summed E-state index contributed by atoms with van der Waals surface area (Å²) < 4.78 is 0. The van der Waals surface area contributed by atoms with Crippen LogP contribution in [0.15, 0.2) is 42.5 Å². The van der Waals surface area contributed by atoms with Gasteiger partial charge in [-0.05, 0) is 36.2 Å². The number of benzene rings is 2. The number of halogens is 1. The van der Waals surface area contributed by atoms with Crippen LogP contribution in [-0.2, 0) is 11.2 Å². The fraction of sp³-hybridized carbons (Fsp3) is 0.133. The number of nitrogen functional groups attached to an aromatic ring is 1. The number of nitrogens with two attached hydrogens (primary N) is 1. The molecule has 2 rings (SSSR count). The van der Waals surface area contributed by atoms with Crippen LogP contribution in [-0.4, -0.2) is 5.91 Å². The maximum Gasteiger partial charge on any atom is 0.228 e. The average molecular weight is 275 g/mol. The maximum atomic E-state index is 12.0. The quantitative estimate of drug-likeness (QED) is 0.843. The van der Waals surface area contributed by atoms with Crippen LogP contribution in [0.3, 0.4) is 0 Å².